The van der Waals surface area contributed by atoms with E-state index in [1.807, 2.05) is 6.92 Å². The van der Waals surface area contributed by atoms with Crippen LogP contribution in [0.2, 0.25) is 5.02 Å². The van der Waals surface area contributed by atoms with Gasteiger partial charge in [-0.25, -0.2) is 13.1 Å². The van der Waals surface area contributed by atoms with Crippen molar-refractivity contribution in [1.82, 2.24) is 14.9 Å². The molecule has 2 N–H and O–H groups in total. The van der Waals surface area contributed by atoms with Gasteiger partial charge in [-0.1, -0.05) is 42.0 Å². The summed E-state index contributed by atoms with van der Waals surface area (Å²) in [5.41, 5.74) is 0.270. The van der Waals surface area contributed by atoms with Crippen molar-refractivity contribution < 1.29 is 13.2 Å². The standard InChI is InChI=1S/C13H15ClN4O3S2/c1-3-8(2)18-23(20,21)13-17-16-12(22-13)15-11(19)9-6-4-5-7-10(9)14/h4-8,18H,3H2,1-2H3,(H,15,16,19)/t8-/m1/s1. The fourth-order valence-corrected chi connectivity index (χ4v) is 4.04. The number of carbonyl (C=O) groups is 1. The van der Waals surface area contributed by atoms with Crippen molar-refractivity contribution in [2.75, 3.05) is 5.32 Å². The average Bonchev–Trinajstić information content (AvgIpc) is 2.96. The quantitative estimate of drug-likeness (QED) is 0.756. The first-order valence-electron chi connectivity index (χ1n) is 6.75. The summed E-state index contributed by atoms with van der Waals surface area (Å²) in [6, 6.07) is 6.30. The molecule has 7 nitrogen and oxygen atoms in total. The van der Waals surface area contributed by atoms with Crippen LogP contribution >= 0.6 is 22.9 Å². The van der Waals surface area contributed by atoms with E-state index in [0.717, 1.165) is 11.3 Å². The number of amides is 1. The molecule has 0 spiro atoms. The number of nitrogens with one attached hydrogen (secondary N) is 2. The van der Waals surface area contributed by atoms with Gasteiger partial charge in [0.25, 0.3) is 15.9 Å². The van der Waals surface area contributed by atoms with E-state index in [1.165, 1.54) is 0 Å². The average molecular weight is 375 g/mol. The Labute approximate surface area is 143 Å². The van der Waals surface area contributed by atoms with Gasteiger partial charge < -0.3 is 0 Å². The maximum atomic E-state index is 12.1. The molecule has 0 radical (unpaired) electrons. The van der Waals surface area contributed by atoms with Gasteiger partial charge in [-0.05, 0) is 25.5 Å². The lowest BCUT2D eigenvalue weighted by Gasteiger charge is -2.08. The summed E-state index contributed by atoms with van der Waals surface area (Å²) in [6.45, 7) is 3.61. The summed E-state index contributed by atoms with van der Waals surface area (Å²) in [4.78, 5) is 12.1. The summed E-state index contributed by atoms with van der Waals surface area (Å²) >= 11 is 6.71. The Morgan fingerprint density at radius 1 is 1.35 bits per heavy atom. The Kier molecular flexibility index (Phi) is 5.69. The number of aromatic nitrogens is 2. The van der Waals surface area contributed by atoms with E-state index in [1.54, 1.807) is 31.2 Å². The Bertz CT molecular complexity index is 807. The van der Waals surface area contributed by atoms with Gasteiger partial charge in [-0.3, -0.25) is 10.1 Å². The highest BCUT2D eigenvalue weighted by molar-refractivity contribution is 7.91. The van der Waals surface area contributed by atoms with E-state index in [0.29, 0.717) is 11.4 Å². The highest BCUT2D eigenvalue weighted by Gasteiger charge is 2.22. The first-order chi connectivity index (χ1) is 10.8. The molecule has 1 heterocycles. The molecule has 0 aliphatic heterocycles. The SMILES string of the molecule is CC[C@@H](C)NS(=O)(=O)c1nnc(NC(=O)c2ccccc2Cl)s1. The van der Waals surface area contributed by atoms with Crippen molar-refractivity contribution in [1.29, 1.82) is 0 Å². The minimum atomic E-state index is -3.74. The largest absolute Gasteiger partial charge is 0.296 e. The first-order valence-corrected chi connectivity index (χ1v) is 9.43. The normalized spacial score (nSPS) is 12.8. The summed E-state index contributed by atoms with van der Waals surface area (Å²) in [5.74, 6) is -0.481. The van der Waals surface area contributed by atoms with Gasteiger partial charge in [0.1, 0.15) is 0 Å². The third-order valence-electron chi connectivity index (χ3n) is 2.94. The van der Waals surface area contributed by atoms with Gasteiger partial charge in [0.15, 0.2) is 0 Å². The van der Waals surface area contributed by atoms with E-state index in [9.17, 15) is 13.2 Å². The van der Waals surface area contributed by atoms with Crippen molar-refractivity contribution >= 4 is 44.0 Å². The van der Waals surface area contributed by atoms with E-state index >= 15 is 0 Å². The zero-order valence-corrected chi connectivity index (χ0v) is 14.8. The maximum Gasteiger partial charge on any atom is 0.270 e. The van der Waals surface area contributed by atoms with Crippen LogP contribution in [0.4, 0.5) is 5.13 Å². The lowest BCUT2D eigenvalue weighted by atomic mass is 10.2. The van der Waals surface area contributed by atoms with Gasteiger partial charge in [-0.15, -0.1) is 10.2 Å². The van der Waals surface area contributed by atoms with Gasteiger partial charge in [0.2, 0.25) is 9.47 Å². The summed E-state index contributed by atoms with van der Waals surface area (Å²) in [7, 11) is -3.74. The number of carbonyl (C=O) groups excluding carboxylic acids is 1. The van der Waals surface area contributed by atoms with Gasteiger partial charge in [0.05, 0.1) is 10.6 Å². The van der Waals surface area contributed by atoms with Crippen molar-refractivity contribution in [2.45, 2.75) is 30.6 Å². The Morgan fingerprint density at radius 3 is 2.70 bits per heavy atom. The van der Waals surface area contributed by atoms with E-state index in [4.69, 9.17) is 11.6 Å². The maximum absolute atomic E-state index is 12.1. The second kappa shape index (κ2) is 7.35. The molecule has 2 aromatic rings. The van der Waals surface area contributed by atoms with E-state index in [2.05, 4.69) is 20.2 Å². The molecule has 1 atom stereocenters. The molecule has 0 bridgehead atoms. The minimum Gasteiger partial charge on any atom is -0.296 e. The highest BCUT2D eigenvalue weighted by Crippen LogP contribution is 2.22. The number of nitrogens with zero attached hydrogens (tertiary/aromatic N) is 2. The predicted octanol–water partition coefficient (Wildman–Crippen LogP) is 2.52. The molecule has 0 aliphatic carbocycles. The molecule has 2 rings (SSSR count). The lowest BCUT2D eigenvalue weighted by Crippen LogP contribution is -2.31. The molecule has 124 valence electrons. The Morgan fingerprint density at radius 2 is 2.04 bits per heavy atom. The molecular weight excluding hydrogens is 360 g/mol. The molecule has 0 unspecified atom stereocenters. The van der Waals surface area contributed by atoms with Crippen molar-refractivity contribution in [2.24, 2.45) is 0 Å². The van der Waals surface area contributed by atoms with Crippen LogP contribution in [0.3, 0.4) is 0 Å². The van der Waals surface area contributed by atoms with Crippen molar-refractivity contribution in [3.05, 3.63) is 34.9 Å². The summed E-state index contributed by atoms with van der Waals surface area (Å²) in [6.07, 6.45) is 0.647. The number of hydrogen-bond donors (Lipinski definition) is 2. The molecule has 1 aromatic heterocycles. The topological polar surface area (TPSA) is 101 Å². The number of halogens is 1. The molecule has 10 heteroatoms. The molecule has 0 aliphatic rings. The van der Waals surface area contributed by atoms with Crippen LogP contribution in [0.5, 0.6) is 0 Å². The fraction of sp³-hybridized carbons (Fsp3) is 0.308. The van der Waals surface area contributed by atoms with Crippen LogP contribution in [0.1, 0.15) is 30.6 Å². The van der Waals surface area contributed by atoms with Crippen LogP contribution < -0.4 is 10.0 Å². The van der Waals surface area contributed by atoms with Crippen LogP contribution in [0.15, 0.2) is 28.6 Å². The van der Waals surface area contributed by atoms with Crippen molar-refractivity contribution in [3.8, 4) is 0 Å². The molecule has 0 saturated carbocycles. The van der Waals surface area contributed by atoms with Gasteiger partial charge >= 0.3 is 0 Å². The van der Waals surface area contributed by atoms with Crippen LogP contribution in [-0.4, -0.2) is 30.6 Å². The lowest BCUT2D eigenvalue weighted by molar-refractivity contribution is 0.102. The molecule has 0 saturated heterocycles. The molecule has 0 fully saturated rings. The summed E-state index contributed by atoms with van der Waals surface area (Å²) < 4.78 is 26.4. The number of sulfonamides is 1. The number of hydrogen-bond acceptors (Lipinski definition) is 6. The van der Waals surface area contributed by atoms with E-state index in [-0.39, 0.29) is 21.1 Å². The molecule has 23 heavy (non-hydrogen) atoms. The third-order valence-corrected chi connectivity index (χ3v) is 6.07. The van der Waals surface area contributed by atoms with Crippen LogP contribution in [0.25, 0.3) is 0 Å². The monoisotopic (exact) mass is 374 g/mol. The Balaban J connectivity index is 2.14. The number of anilines is 1. The van der Waals surface area contributed by atoms with Crippen LogP contribution in [-0.2, 0) is 10.0 Å². The zero-order chi connectivity index (χ0) is 17.0. The third kappa shape index (κ3) is 4.47. The smallest absolute Gasteiger partial charge is 0.270 e. The second-order valence-corrected chi connectivity index (χ2v) is 8.01. The highest BCUT2D eigenvalue weighted by atomic mass is 35.5. The Hall–Kier alpha value is -1.55. The second-order valence-electron chi connectivity index (χ2n) is 4.74. The molecule has 1 aromatic carbocycles. The number of rotatable bonds is 6. The van der Waals surface area contributed by atoms with Gasteiger partial charge in [-0.2, -0.15) is 0 Å². The molecular formula is C13H15ClN4O3S2. The first kappa shape index (κ1) is 17.8. The minimum absolute atomic E-state index is 0.0828. The molecule has 1 amide bonds. The summed E-state index contributed by atoms with van der Waals surface area (Å²) in [5, 5.41) is 10.2. The van der Waals surface area contributed by atoms with Crippen LogP contribution in [0, 0.1) is 0 Å². The fourth-order valence-electron chi connectivity index (χ4n) is 1.58. The van der Waals surface area contributed by atoms with E-state index < -0.39 is 15.9 Å². The number of benzene rings is 1. The predicted molar refractivity (Wildman–Crippen MR) is 89.4 cm³/mol. The van der Waals surface area contributed by atoms with Crippen molar-refractivity contribution in [3.63, 3.8) is 0 Å². The zero-order valence-electron chi connectivity index (χ0n) is 12.4. The van der Waals surface area contributed by atoms with Gasteiger partial charge in [0, 0.05) is 6.04 Å².